The zero-order valence-corrected chi connectivity index (χ0v) is 40.8. The summed E-state index contributed by atoms with van der Waals surface area (Å²) in [5.41, 5.74) is -1.74. The van der Waals surface area contributed by atoms with E-state index >= 15 is 0 Å². The molecule has 3 saturated carbocycles. The van der Waals surface area contributed by atoms with Gasteiger partial charge >= 0.3 is 0 Å². The predicted octanol–water partition coefficient (Wildman–Crippen LogP) is -0.0279. The van der Waals surface area contributed by atoms with Gasteiger partial charge < -0.3 is 93.0 Å². The summed E-state index contributed by atoms with van der Waals surface area (Å²) in [4.78, 5) is 12.7. The fraction of sp³-hybridized carbons (Fsp3) is 0.938. The Labute approximate surface area is 398 Å². The van der Waals surface area contributed by atoms with Gasteiger partial charge in [-0.1, -0.05) is 25.5 Å². The molecule has 0 aromatic carbocycles. The fourth-order valence-electron chi connectivity index (χ4n) is 13.9. The fourth-order valence-corrected chi connectivity index (χ4v) is 13.9. The Hall–Kier alpha value is -1.35. The van der Waals surface area contributed by atoms with Crippen LogP contribution in [0.4, 0.5) is 0 Å². The van der Waals surface area contributed by atoms with Crippen molar-refractivity contribution in [2.45, 2.75) is 227 Å². The number of ketones is 1. The molecule has 20 nitrogen and oxygen atoms in total. The van der Waals surface area contributed by atoms with Crippen LogP contribution in [0.5, 0.6) is 0 Å². The lowest BCUT2D eigenvalue weighted by molar-refractivity contribution is -0.373. The lowest BCUT2D eigenvalue weighted by Crippen LogP contribution is -2.71. The summed E-state index contributed by atoms with van der Waals surface area (Å²) in [5, 5.41) is 88.1. The molecule has 0 spiro atoms. The van der Waals surface area contributed by atoms with Crippen LogP contribution in [-0.2, 0) is 56.9 Å². The lowest BCUT2D eigenvalue weighted by Gasteiger charge is -2.64. The molecule has 4 aliphatic heterocycles. The molecule has 8 rings (SSSR count). The molecule has 0 radical (unpaired) electrons. The van der Waals surface area contributed by atoms with Crippen molar-refractivity contribution >= 4 is 5.78 Å². The van der Waals surface area contributed by atoms with E-state index in [2.05, 4.69) is 13.0 Å². The summed E-state index contributed by atoms with van der Waals surface area (Å²) in [5.74, 6) is -1.26. The summed E-state index contributed by atoms with van der Waals surface area (Å²) >= 11 is 0. The third-order valence-corrected chi connectivity index (χ3v) is 17.8. The minimum Gasteiger partial charge on any atom is -0.394 e. The Kier molecular flexibility index (Phi) is 16.0. The highest BCUT2D eigenvalue weighted by Gasteiger charge is 2.73. The molecule has 4 saturated heterocycles. The van der Waals surface area contributed by atoms with Gasteiger partial charge in [-0.25, -0.2) is 0 Å². The molecule has 0 bridgehead atoms. The summed E-state index contributed by atoms with van der Waals surface area (Å²) in [6.07, 6.45) is -14.1. The molecule has 4 aliphatic carbocycles. The van der Waals surface area contributed by atoms with Gasteiger partial charge in [0, 0.05) is 51.4 Å². The first-order valence-electron chi connectivity index (χ1n) is 24.6. The number of aliphatic hydroxyl groups excluding tert-OH is 7. The zero-order valence-electron chi connectivity index (χ0n) is 40.8. The maximum Gasteiger partial charge on any atom is 0.187 e. The number of fused-ring (bicyclic) bond motifs is 5. The van der Waals surface area contributed by atoms with Gasteiger partial charge in [0.25, 0.3) is 0 Å². The van der Waals surface area contributed by atoms with Crippen LogP contribution in [0.1, 0.15) is 92.9 Å². The van der Waals surface area contributed by atoms with Gasteiger partial charge in [0.1, 0.15) is 60.7 Å². The third-order valence-electron chi connectivity index (χ3n) is 17.8. The molecule has 8 aliphatic rings. The van der Waals surface area contributed by atoms with E-state index < -0.39 is 152 Å². The molecule has 4 heterocycles. The van der Waals surface area contributed by atoms with Crippen molar-refractivity contribution in [2.75, 3.05) is 27.9 Å². The van der Waals surface area contributed by atoms with Crippen molar-refractivity contribution in [3.63, 3.8) is 0 Å². The number of Topliss-reactive ketones (excluding diaryl/α,β-unsaturated/α-hetero) is 1. The number of rotatable bonds is 13. The molecule has 27 atom stereocenters. The number of methoxy groups -OCH3 is 3. The smallest absolute Gasteiger partial charge is 0.187 e. The second kappa shape index (κ2) is 20.5. The normalized spacial score (nSPS) is 54.0. The quantitative estimate of drug-likeness (QED) is 0.113. The number of carbonyl (C=O) groups is 1. The van der Waals surface area contributed by atoms with Crippen molar-refractivity contribution < 1.29 is 97.8 Å². The monoisotopic (exact) mass is 975 g/mol. The van der Waals surface area contributed by atoms with Crippen molar-refractivity contribution in [3.05, 3.63) is 11.6 Å². The second-order valence-electron chi connectivity index (χ2n) is 21.3. The molecule has 390 valence electrons. The van der Waals surface area contributed by atoms with Crippen molar-refractivity contribution in [1.29, 1.82) is 0 Å². The van der Waals surface area contributed by atoms with Gasteiger partial charge in [0.2, 0.25) is 0 Å². The molecule has 0 amide bonds. The number of aliphatic hydroxyl groups is 8. The molecule has 1 unspecified atom stereocenters. The average Bonchev–Trinajstić information content (AvgIpc) is 3.60. The summed E-state index contributed by atoms with van der Waals surface area (Å²) in [7, 11) is 4.53. The molecule has 8 N–H and O–H groups in total. The van der Waals surface area contributed by atoms with E-state index in [-0.39, 0.29) is 30.1 Å². The van der Waals surface area contributed by atoms with E-state index in [9.17, 15) is 45.6 Å². The van der Waals surface area contributed by atoms with Gasteiger partial charge in [0.05, 0.1) is 61.0 Å². The topological polar surface area (TPSA) is 280 Å². The van der Waals surface area contributed by atoms with E-state index in [1.165, 1.54) is 14.0 Å². The van der Waals surface area contributed by atoms with Crippen LogP contribution >= 0.6 is 0 Å². The molecule has 20 heteroatoms. The maximum atomic E-state index is 12.7. The summed E-state index contributed by atoms with van der Waals surface area (Å²) in [6.45, 7) is 10.2. The second-order valence-corrected chi connectivity index (χ2v) is 21.3. The minimum absolute atomic E-state index is 0.0666. The number of hydrogen-bond donors (Lipinski definition) is 8. The van der Waals surface area contributed by atoms with Crippen molar-refractivity contribution in [3.8, 4) is 0 Å². The van der Waals surface area contributed by atoms with Crippen LogP contribution < -0.4 is 0 Å². The summed E-state index contributed by atoms with van der Waals surface area (Å²) in [6, 6.07) is 0. The maximum absolute atomic E-state index is 12.7. The first-order chi connectivity index (χ1) is 32.2. The van der Waals surface area contributed by atoms with Gasteiger partial charge in [-0.05, 0) is 77.6 Å². The van der Waals surface area contributed by atoms with Crippen LogP contribution in [-0.4, -0.2) is 209 Å². The van der Waals surface area contributed by atoms with Crippen LogP contribution in [0.2, 0.25) is 0 Å². The highest BCUT2D eigenvalue weighted by atomic mass is 16.8. The van der Waals surface area contributed by atoms with Gasteiger partial charge in [-0.2, -0.15) is 0 Å². The molecule has 7 fully saturated rings. The predicted molar refractivity (Wildman–Crippen MR) is 234 cm³/mol. The molecular weight excluding hydrogens is 897 g/mol. The molecule has 0 aromatic heterocycles. The Morgan fingerprint density at radius 3 is 1.88 bits per heavy atom. The summed E-state index contributed by atoms with van der Waals surface area (Å²) < 4.78 is 67.6. The van der Waals surface area contributed by atoms with Crippen LogP contribution in [0.3, 0.4) is 0 Å². The number of allylic oxidation sites excluding steroid dienone is 1. The Balaban J connectivity index is 0.855. The number of ether oxygens (including phenoxy) is 11. The highest BCUT2D eigenvalue weighted by Crippen LogP contribution is 2.68. The van der Waals surface area contributed by atoms with Crippen molar-refractivity contribution in [2.24, 2.45) is 28.6 Å². The largest absolute Gasteiger partial charge is 0.394 e. The number of carbonyl (C=O) groups excluding carboxylic acids is 1. The van der Waals surface area contributed by atoms with E-state index in [4.69, 9.17) is 52.1 Å². The number of hydrogen-bond acceptors (Lipinski definition) is 20. The Bertz CT molecular complexity index is 1770. The standard InChI is InChI=1S/C48H78O20/c1-20(50)26-13-15-48(57)27-11-10-24-16-25(12-14-46(24,5)33(27)35(52)43(56)47(26,48)6)64-31-17-28(58-7)39(21(2)61-31)66-32-18-29(59-8)40(22(3)62-32)67-45-38(55)42(60-9)41(23(4)63-45)68-44-37(54)36(53)34(51)30(19-49)65-44/h10,21-23,25-45,49,51-57H,11-19H2,1-9H3/t21-,22-,23-,25+,26-,27-,28+,29+,30-,31+,32+,33-,34-,35+,36+,37-,38-,39-,40-,41-,42+,43?,44+,45+,46+,47+,48+/m1/s1. The Morgan fingerprint density at radius 2 is 1.28 bits per heavy atom. The first-order valence-corrected chi connectivity index (χ1v) is 24.6. The van der Waals surface area contributed by atoms with Crippen molar-refractivity contribution in [1.82, 2.24) is 0 Å². The van der Waals surface area contributed by atoms with E-state index in [0.29, 0.717) is 44.9 Å². The van der Waals surface area contributed by atoms with E-state index in [0.717, 1.165) is 5.57 Å². The Morgan fingerprint density at radius 1 is 0.691 bits per heavy atom. The van der Waals surface area contributed by atoms with Gasteiger partial charge in [-0.3, -0.25) is 4.79 Å². The first kappa shape index (κ1) is 53.0. The van der Waals surface area contributed by atoms with Crippen LogP contribution in [0.25, 0.3) is 0 Å². The van der Waals surface area contributed by atoms with Crippen LogP contribution in [0, 0.1) is 28.6 Å². The lowest BCUT2D eigenvalue weighted by atomic mass is 9.44. The highest BCUT2D eigenvalue weighted by molar-refractivity contribution is 5.80. The third kappa shape index (κ3) is 8.99. The zero-order chi connectivity index (χ0) is 49.4. The SMILES string of the molecule is CO[C@H]1[C@@H](O)[C@H](O[C@H]2[C@@H](OC)C[C@H](O[C@H]3[C@@H](OC)C[C@H](O[C@H]4CC[C@@]5(C)C(=CC[C@@H]6[C@@H]5[C@H](O)C(O)[C@]5(C)[C@@H](C(C)=O)CC[C@]65O)C4)O[C@@H]3C)O[C@@H]2C)O[C@H](C)[C@H]1O[C@@H]1O[C@H](CO)[C@@H](O)[C@H](O)[C@H]1O. The minimum atomic E-state index is -1.67. The molecule has 0 aromatic rings. The molecular formula is C48H78O20. The van der Waals surface area contributed by atoms with E-state index in [1.54, 1.807) is 35.0 Å². The van der Waals surface area contributed by atoms with Gasteiger partial charge in [0.15, 0.2) is 25.2 Å². The van der Waals surface area contributed by atoms with Gasteiger partial charge in [-0.15, -0.1) is 0 Å². The van der Waals surface area contributed by atoms with E-state index in [1.807, 2.05) is 6.92 Å². The molecule has 68 heavy (non-hydrogen) atoms. The average molecular weight is 975 g/mol. The van der Waals surface area contributed by atoms with Crippen LogP contribution in [0.15, 0.2) is 11.6 Å².